The number of aromatic nitrogens is 2. The van der Waals surface area contributed by atoms with E-state index in [-0.39, 0.29) is 18.3 Å². The number of nitrogens with zero attached hydrogens (tertiary/aromatic N) is 2. The third-order valence-corrected chi connectivity index (χ3v) is 2.05. The van der Waals surface area contributed by atoms with Crippen LogP contribution in [0.3, 0.4) is 0 Å². The maximum absolute atomic E-state index is 12.5. The first-order valence-corrected chi connectivity index (χ1v) is 5.09. The molecule has 7 nitrogen and oxygen atoms in total. The lowest BCUT2D eigenvalue weighted by molar-refractivity contribution is -0.141. The van der Waals surface area contributed by atoms with E-state index in [2.05, 4.69) is 20.6 Å². The van der Waals surface area contributed by atoms with Crippen LogP contribution in [0.1, 0.15) is 5.69 Å². The molecule has 0 saturated heterocycles. The van der Waals surface area contributed by atoms with E-state index < -0.39 is 23.9 Å². The maximum atomic E-state index is 12.5. The molecule has 1 aromatic heterocycles. The molecule has 0 bridgehead atoms. The molecule has 0 spiro atoms. The summed E-state index contributed by atoms with van der Waals surface area (Å²) >= 11 is 0. The molecule has 0 saturated carbocycles. The van der Waals surface area contributed by atoms with Gasteiger partial charge in [0.25, 0.3) is 0 Å². The second-order valence-electron chi connectivity index (χ2n) is 3.51. The highest BCUT2D eigenvalue weighted by atomic mass is 19.4. The molecule has 10 heteroatoms. The predicted molar refractivity (Wildman–Crippen MR) is 60.3 cm³/mol. The first-order valence-electron chi connectivity index (χ1n) is 5.09. The van der Waals surface area contributed by atoms with Gasteiger partial charge in [0.2, 0.25) is 11.9 Å². The van der Waals surface area contributed by atoms with E-state index in [9.17, 15) is 18.0 Å². The summed E-state index contributed by atoms with van der Waals surface area (Å²) in [6.07, 6.45) is -6.16. The van der Waals surface area contributed by atoms with Crippen molar-refractivity contribution in [2.75, 3.05) is 24.2 Å². The number of carbonyl (C=O) groups is 1. The quantitative estimate of drug-likeness (QED) is 0.593. The minimum Gasteiger partial charge on any atom is -0.381 e. The fourth-order valence-corrected chi connectivity index (χ4v) is 1.10. The number of hydrogen-bond acceptors (Lipinski definition) is 6. The third kappa shape index (κ3) is 4.25. The number of nitrogens with two attached hydrogens (primary N) is 1. The summed E-state index contributed by atoms with van der Waals surface area (Å²) in [7, 11) is 1.36. The maximum Gasteiger partial charge on any atom is 0.433 e. The minimum atomic E-state index is -4.63. The zero-order valence-electron chi connectivity index (χ0n) is 9.82. The Labute approximate surface area is 106 Å². The highest BCUT2D eigenvalue weighted by Gasteiger charge is 2.33. The molecule has 19 heavy (non-hydrogen) atoms. The van der Waals surface area contributed by atoms with Crippen molar-refractivity contribution < 1.29 is 23.1 Å². The molecule has 1 unspecified atom stereocenters. The molecule has 0 radical (unpaired) electrons. The number of rotatable bonds is 5. The molecule has 0 aliphatic carbocycles. The minimum absolute atomic E-state index is 0.188. The summed E-state index contributed by atoms with van der Waals surface area (Å²) in [5.41, 5.74) is 3.65. The van der Waals surface area contributed by atoms with Crippen LogP contribution in [0.15, 0.2) is 6.07 Å². The molecule has 0 fully saturated rings. The zero-order chi connectivity index (χ0) is 14.6. The smallest absolute Gasteiger partial charge is 0.381 e. The van der Waals surface area contributed by atoms with E-state index in [4.69, 9.17) is 10.8 Å². The summed E-state index contributed by atoms with van der Waals surface area (Å²) in [4.78, 5) is 17.5. The van der Waals surface area contributed by atoms with Crippen molar-refractivity contribution in [3.63, 3.8) is 0 Å². The number of carbonyl (C=O) groups excluding carboxylic acids is 1. The number of alkyl halides is 3. The summed E-state index contributed by atoms with van der Waals surface area (Å²) in [6, 6.07) is 0.661. The lowest BCUT2D eigenvalue weighted by Crippen LogP contribution is -2.34. The van der Waals surface area contributed by atoms with Crippen LogP contribution in [0.5, 0.6) is 0 Å². The van der Waals surface area contributed by atoms with Crippen molar-refractivity contribution in [1.29, 1.82) is 0 Å². The molecule has 0 aliphatic heterocycles. The van der Waals surface area contributed by atoms with E-state index in [1.54, 1.807) is 0 Å². The Hall–Kier alpha value is -2.10. The van der Waals surface area contributed by atoms with E-state index in [1.807, 2.05) is 0 Å². The lowest BCUT2D eigenvalue weighted by atomic mass is 10.3. The number of aliphatic hydroxyl groups is 1. The van der Waals surface area contributed by atoms with E-state index in [0.717, 1.165) is 0 Å². The number of aliphatic hydroxyl groups excluding tert-OH is 1. The van der Waals surface area contributed by atoms with E-state index >= 15 is 0 Å². The summed E-state index contributed by atoms with van der Waals surface area (Å²) in [5.74, 6) is -1.43. The number of hydrogen-bond donors (Lipinski definition) is 4. The van der Waals surface area contributed by atoms with Gasteiger partial charge in [-0.3, -0.25) is 4.79 Å². The molecule has 0 aromatic carbocycles. The standard InChI is InChI=1S/C9H12F3N5O2/c1-14-8-16-5(9(10,11)12)2-6(17-8)15-3-4(18)7(13)19/h2,4,18H,3H2,1H3,(H2,13,19)(H2,14,15,16,17). The van der Waals surface area contributed by atoms with Crippen molar-refractivity contribution in [1.82, 2.24) is 9.97 Å². The first kappa shape index (κ1) is 15.0. The first-order chi connectivity index (χ1) is 8.74. The zero-order valence-corrected chi connectivity index (χ0v) is 9.82. The van der Waals surface area contributed by atoms with Crippen molar-refractivity contribution in [3.05, 3.63) is 11.8 Å². The van der Waals surface area contributed by atoms with Crippen LogP contribution in [0.25, 0.3) is 0 Å². The number of amides is 1. The molecule has 1 heterocycles. The topological polar surface area (TPSA) is 113 Å². The molecule has 1 amide bonds. The summed E-state index contributed by atoms with van der Waals surface area (Å²) in [5, 5.41) is 13.9. The Morgan fingerprint density at radius 3 is 2.63 bits per heavy atom. The number of nitrogens with one attached hydrogen (secondary N) is 2. The monoisotopic (exact) mass is 279 g/mol. The van der Waals surface area contributed by atoms with Gasteiger partial charge in [0.1, 0.15) is 11.9 Å². The van der Waals surface area contributed by atoms with Gasteiger partial charge >= 0.3 is 6.18 Å². The number of halogens is 3. The normalized spacial score (nSPS) is 12.9. The largest absolute Gasteiger partial charge is 0.433 e. The lowest BCUT2D eigenvalue weighted by Gasteiger charge is -2.12. The van der Waals surface area contributed by atoms with Crippen LogP contribution in [0.4, 0.5) is 24.9 Å². The van der Waals surface area contributed by atoms with Gasteiger partial charge in [0.15, 0.2) is 5.69 Å². The molecular weight excluding hydrogens is 267 g/mol. The second kappa shape index (κ2) is 5.69. The molecule has 1 atom stereocenters. The second-order valence-corrected chi connectivity index (χ2v) is 3.51. The average Bonchev–Trinajstić information content (AvgIpc) is 2.34. The molecule has 1 rings (SSSR count). The van der Waals surface area contributed by atoms with Gasteiger partial charge in [-0.2, -0.15) is 18.2 Å². The highest BCUT2D eigenvalue weighted by Crippen LogP contribution is 2.29. The van der Waals surface area contributed by atoms with Gasteiger partial charge in [-0.15, -0.1) is 0 Å². The van der Waals surface area contributed by atoms with Gasteiger partial charge in [0, 0.05) is 13.1 Å². The number of primary amides is 1. The summed E-state index contributed by atoms with van der Waals surface area (Å²) in [6.45, 7) is -0.354. The Morgan fingerprint density at radius 2 is 2.16 bits per heavy atom. The van der Waals surface area contributed by atoms with Gasteiger partial charge < -0.3 is 21.5 Å². The van der Waals surface area contributed by atoms with Crippen molar-refractivity contribution in [3.8, 4) is 0 Å². The Morgan fingerprint density at radius 1 is 1.53 bits per heavy atom. The van der Waals surface area contributed by atoms with Crippen molar-refractivity contribution in [2.24, 2.45) is 5.73 Å². The van der Waals surface area contributed by atoms with Crippen LogP contribution < -0.4 is 16.4 Å². The van der Waals surface area contributed by atoms with Crippen LogP contribution >= 0.6 is 0 Å². The van der Waals surface area contributed by atoms with E-state index in [0.29, 0.717) is 6.07 Å². The third-order valence-electron chi connectivity index (χ3n) is 2.05. The van der Waals surface area contributed by atoms with E-state index in [1.165, 1.54) is 7.05 Å². The Kier molecular flexibility index (Phi) is 4.48. The molecule has 0 aliphatic rings. The SMILES string of the molecule is CNc1nc(NCC(O)C(N)=O)cc(C(F)(F)F)n1. The highest BCUT2D eigenvalue weighted by molar-refractivity contribution is 5.79. The van der Waals surface area contributed by atoms with Crippen LogP contribution in [-0.2, 0) is 11.0 Å². The number of anilines is 2. The van der Waals surface area contributed by atoms with Crippen LogP contribution in [0, 0.1) is 0 Å². The Bertz CT molecular complexity index is 466. The predicted octanol–water partition coefficient (Wildman–Crippen LogP) is -0.205. The van der Waals surface area contributed by atoms with Crippen molar-refractivity contribution in [2.45, 2.75) is 12.3 Å². The van der Waals surface area contributed by atoms with Crippen LogP contribution in [-0.4, -0.2) is 40.7 Å². The van der Waals surface area contributed by atoms with Crippen molar-refractivity contribution >= 4 is 17.7 Å². The average molecular weight is 279 g/mol. The summed E-state index contributed by atoms with van der Waals surface area (Å²) < 4.78 is 37.6. The molecule has 106 valence electrons. The van der Waals surface area contributed by atoms with Gasteiger partial charge in [-0.05, 0) is 0 Å². The molecule has 5 N–H and O–H groups in total. The fraction of sp³-hybridized carbons (Fsp3) is 0.444. The molecular formula is C9H12F3N5O2. The fourth-order valence-electron chi connectivity index (χ4n) is 1.10. The van der Waals surface area contributed by atoms with Gasteiger partial charge in [0.05, 0.1) is 6.54 Å². The Balaban J connectivity index is 2.92. The van der Waals surface area contributed by atoms with Gasteiger partial charge in [-0.1, -0.05) is 0 Å². The van der Waals surface area contributed by atoms with Crippen LogP contribution in [0.2, 0.25) is 0 Å². The molecule has 1 aromatic rings. The van der Waals surface area contributed by atoms with Gasteiger partial charge in [-0.25, -0.2) is 4.98 Å².